The van der Waals surface area contributed by atoms with Crippen molar-refractivity contribution in [3.05, 3.63) is 29.3 Å². The molecule has 1 atom stereocenters. The molecule has 0 aliphatic rings. The van der Waals surface area contributed by atoms with Gasteiger partial charge in [-0.1, -0.05) is 18.5 Å². The highest BCUT2D eigenvalue weighted by molar-refractivity contribution is 5.99. The summed E-state index contributed by atoms with van der Waals surface area (Å²) in [6.07, 6.45) is -2.75. The minimum Gasteiger partial charge on any atom is -0.409 e. The Hall–Kier alpha value is -1.92. The summed E-state index contributed by atoms with van der Waals surface area (Å²) in [7, 11) is 1.75. The number of oxime groups is 1. The van der Waals surface area contributed by atoms with Crippen LogP contribution >= 0.6 is 0 Å². The maximum absolute atomic E-state index is 13.1. The maximum atomic E-state index is 13.1. The van der Waals surface area contributed by atoms with Crippen LogP contribution in [-0.2, 0) is 6.18 Å². The number of nitrogens with zero attached hydrogens (tertiary/aromatic N) is 2. The molecule has 0 amide bonds. The number of nitrogens with two attached hydrogens (primary N) is 1. The van der Waals surface area contributed by atoms with Crippen LogP contribution in [0.3, 0.4) is 0 Å². The summed E-state index contributed by atoms with van der Waals surface area (Å²) in [6, 6.07) is 3.90. The SMILES string of the molecule is CCCC(C)N(C)c1ccc(/C(N)=N/O)c(C(F)(F)F)c1. The van der Waals surface area contributed by atoms with Crippen LogP contribution in [0.4, 0.5) is 18.9 Å². The van der Waals surface area contributed by atoms with E-state index in [1.54, 1.807) is 11.9 Å². The molecule has 0 bridgehead atoms. The van der Waals surface area contributed by atoms with Gasteiger partial charge in [-0.15, -0.1) is 0 Å². The van der Waals surface area contributed by atoms with Crippen LogP contribution < -0.4 is 10.6 Å². The van der Waals surface area contributed by atoms with Crippen molar-refractivity contribution in [1.29, 1.82) is 0 Å². The summed E-state index contributed by atoms with van der Waals surface area (Å²) in [5.74, 6) is -0.557. The van der Waals surface area contributed by atoms with Crippen molar-refractivity contribution < 1.29 is 18.4 Å². The lowest BCUT2D eigenvalue weighted by atomic mass is 10.0. The summed E-state index contributed by atoms with van der Waals surface area (Å²) in [5.41, 5.74) is 4.51. The molecule has 21 heavy (non-hydrogen) atoms. The van der Waals surface area contributed by atoms with Gasteiger partial charge in [0, 0.05) is 24.3 Å². The highest BCUT2D eigenvalue weighted by Gasteiger charge is 2.35. The van der Waals surface area contributed by atoms with E-state index in [1.165, 1.54) is 12.1 Å². The Morgan fingerprint density at radius 2 is 2.05 bits per heavy atom. The van der Waals surface area contributed by atoms with E-state index in [9.17, 15) is 13.2 Å². The van der Waals surface area contributed by atoms with Crippen LogP contribution in [0.25, 0.3) is 0 Å². The van der Waals surface area contributed by atoms with E-state index >= 15 is 0 Å². The first-order chi connectivity index (χ1) is 9.72. The number of anilines is 1. The topological polar surface area (TPSA) is 61.8 Å². The molecule has 4 nitrogen and oxygen atoms in total. The molecule has 0 radical (unpaired) electrons. The summed E-state index contributed by atoms with van der Waals surface area (Å²) in [6.45, 7) is 3.97. The number of halogens is 3. The molecule has 3 N–H and O–H groups in total. The highest BCUT2D eigenvalue weighted by Crippen LogP contribution is 2.35. The Labute approximate surface area is 122 Å². The monoisotopic (exact) mass is 303 g/mol. The van der Waals surface area contributed by atoms with Gasteiger partial charge in [-0.3, -0.25) is 0 Å². The fourth-order valence-electron chi connectivity index (χ4n) is 2.13. The summed E-state index contributed by atoms with van der Waals surface area (Å²) in [4.78, 5) is 1.79. The number of rotatable bonds is 5. The minimum absolute atomic E-state index is 0.116. The quantitative estimate of drug-likeness (QED) is 0.379. The van der Waals surface area contributed by atoms with Gasteiger partial charge in [0.25, 0.3) is 0 Å². The van der Waals surface area contributed by atoms with Crippen LogP contribution in [0.15, 0.2) is 23.4 Å². The first-order valence-electron chi connectivity index (χ1n) is 6.64. The third kappa shape index (κ3) is 4.03. The molecule has 0 aliphatic heterocycles. The Bertz CT molecular complexity index is 515. The van der Waals surface area contributed by atoms with Crippen LogP contribution in [0.1, 0.15) is 37.8 Å². The van der Waals surface area contributed by atoms with Crippen molar-refractivity contribution >= 4 is 11.5 Å². The Morgan fingerprint density at radius 3 is 2.52 bits per heavy atom. The Morgan fingerprint density at radius 1 is 1.43 bits per heavy atom. The zero-order valence-corrected chi connectivity index (χ0v) is 12.3. The van der Waals surface area contributed by atoms with E-state index in [-0.39, 0.29) is 11.6 Å². The summed E-state index contributed by atoms with van der Waals surface area (Å²) >= 11 is 0. The molecule has 7 heteroatoms. The van der Waals surface area contributed by atoms with Crippen molar-refractivity contribution in [1.82, 2.24) is 0 Å². The van der Waals surface area contributed by atoms with Gasteiger partial charge >= 0.3 is 6.18 Å². The molecule has 0 saturated heterocycles. The fourth-order valence-corrected chi connectivity index (χ4v) is 2.13. The molecule has 0 heterocycles. The maximum Gasteiger partial charge on any atom is 0.417 e. The second-order valence-electron chi connectivity index (χ2n) is 4.96. The minimum atomic E-state index is -4.57. The zero-order chi connectivity index (χ0) is 16.2. The predicted octanol–water partition coefficient (Wildman–Crippen LogP) is 3.42. The lowest BCUT2D eigenvalue weighted by Gasteiger charge is -2.28. The van der Waals surface area contributed by atoms with Gasteiger partial charge in [-0.2, -0.15) is 13.2 Å². The van der Waals surface area contributed by atoms with Crippen molar-refractivity contribution in [2.24, 2.45) is 10.9 Å². The van der Waals surface area contributed by atoms with Gasteiger partial charge in [0.05, 0.1) is 5.56 Å². The standard InChI is InChI=1S/C14H20F3N3O/c1-4-5-9(2)20(3)10-6-7-11(13(18)19-21)12(8-10)14(15,16)17/h6-9,21H,4-5H2,1-3H3,(H2,18,19). The number of amidine groups is 1. The fraction of sp³-hybridized carbons (Fsp3) is 0.500. The van der Waals surface area contributed by atoms with Crippen LogP contribution in [-0.4, -0.2) is 24.1 Å². The smallest absolute Gasteiger partial charge is 0.409 e. The van der Waals surface area contributed by atoms with Crippen LogP contribution in [0.5, 0.6) is 0 Å². The lowest BCUT2D eigenvalue weighted by Crippen LogP contribution is -2.29. The summed E-state index contributed by atoms with van der Waals surface area (Å²) < 4.78 is 39.4. The van der Waals surface area contributed by atoms with Gasteiger partial charge in [-0.25, -0.2) is 0 Å². The average molecular weight is 303 g/mol. The van der Waals surface area contributed by atoms with Gasteiger partial charge in [0.1, 0.15) is 0 Å². The predicted molar refractivity (Wildman–Crippen MR) is 76.7 cm³/mol. The Kier molecular flexibility index (Phi) is 5.46. The normalized spacial score (nSPS) is 14.1. The lowest BCUT2D eigenvalue weighted by molar-refractivity contribution is -0.137. The summed E-state index contributed by atoms with van der Waals surface area (Å²) in [5, 5.41) is 11.3. The molecule has 0 aliphatic carbocycles. The van der Waals surface area contributed by atoms with Gasteiger partial charge in [0.15, 0.2) is 5.84 Å². The molecular formula is C14H20F3N3O. The second kappa shape index (κ2) is 6.69. The molecular weight excluding hydrogens is 283 g/mol. The second-order valence-corrected chi connectivity index (χ2v) is 4.96. The third-order valence-corrected chi connectivity index (χ3v) is 3.47. The van der Waals surface area contributed by atoms with E-state index in [1.807, 2.05) is 13.8 Å². The molecule has 0 aromatic heterocycles. The van der Waals surface area contributed by atoms with Gasteiger partial charge in [0.2, 0.25) is 0 Å². The van der Waals surface area contributed by atoms with E-state index in [2.05, 4.69) is 5.16 Å². The van der Waals surface area contributed by atoms with Gasteiger partial charge < -0.3 is 15.8 Å². The van der Waals surface area contributed by atoms with Crippen LogP contribution in [0, 0.1) is 0 Å². The van der Waals surface area contributed by atoms with E-state index < -0.39 is 17.6 Å². The number of hydrogen-bond donors (Lipinski definition) is 2. The van der Waals surface area contributed by atoms with E-state index in [0.717, 1.165) is 18.9 Å². The van der Waals surface area contributed by atoms with Crippen molar-refractivity contribution in [2.75, 3.05) is 11.9 Å². The number of benzene rings is 1. The molecule has 1 rings (SSSR count). The zero-order valence-electron chi connectivity index (χ0n) is 12.3. The molecule has 1 aromatic carbocycles. The molecule has 0 saturated carbocycles. The largest absolute Gasteiger partial charge is 0.417 e. The Balaban J connectivity index is 3.28. The molecule has 118 valence electrons. The molecule has 0 fully saturated rings. The van der Waals surface area contributed by atoms with Crippen molar-refractivity contribution in [3.8, 4) is 0 Å². The van der Waals surface area contributed by atoms with Crippen LogP contribution in [0.2, 0.25) is 0 Å². The van der Waals surface area contributed by atoms with Crippen molar-refractivity contribution in [2.45, 2.75) is 38.9 Å². The molecule has 1 unspecified atom stereocenters. The van der Waals surface area contributed by atoms with E-state index in [4.69, 9.17) is 10.9 Å². The highest BCUT2D eigenvalue weighted by atomic mass is 19.4. The van der Waals surface area contributed by atoms with Crippen molar-refractivity contribution in [3.63, 3.8) is 0 Å². The number of hydrogen-bond acceptors (Lipinski definition) is 3. The first kappa shape index (κ1) is 17.1. The molecule has 1 aromatic rings. The number of alkyl halides is 3. The van der Waals surface area contributed by atoms with E-state index in [0.29, 0.717) is 5.69 Å². The average Bonchev–Trinajstić information content (AvgIpc) is 2.44. The van der Waals surface area contributed by atoms with Gasteiger partial charge in [-0.05, 0) is 31.5 Å². The third-order valence-electron chi connectivity index (χ3n) is 3.47. The first-order valence-corrected chi connectivity index (χ1v) is 6.64. The molecule has 0 spiro atoms.